The van der Waals surface area contributed by atoms with E-state index in [0.29, 0.717) is 0 Å². The monoisotopic (exact) mass is 243 g/mol. The van der Waals surface area contributed by atoms with Crippen LogP contribution < -0.4 is 5.73 Å². The van der Waals surface area contributed by atoms with Gasteiger partial charge in [-0.05, 0) is 31.5 Å². The lowest BCUT2D eigenvalue weighted by Gasteiger charge is -2.26. The van der Waals surface area contributed by atoms with E-state index in [1.54, 1.807) is 13.8 Å². The molecule has 0 unspecified atom stereocenters. The maximum absolute atomic E-state index is 9.81. The lowest BCUT2D eigenvalue weighted by Crippen LogP contribution is -2.39. The molecule has 2 nitrogen and oxygen atoms in total. The van der Waals surface area contributed by atoms with Crippen LogP contribution in [0.4, 0.5) is 0 Å². The molecule has 0 aliphatic rings. The molecule has 0 saturated heterocycles. The van der Waals surface area contributed by atoms with Crippen LogP contribution in [0, 0.1) is 0 Å². The van der Waals surface area contributed by atoms with Crippen LogP contribution in [0.3, 0.4) is 0 Å². The topological polar surface area (TPSA) is 46.2 Å². The van der Waals surface area contributed by atoms with Crippen molar-refractivity contribution in [1.82, 2.24) is 0 Å². The van der Waals surface area contributed by atoms with Gasteiger partial charge in [0, 0.05) is 10.0 Å². The molecular weight excluding hydrogens is 230 g/mol. The predicted octanol–water partition coefficient (Wildman–Crippen LogP) is 2.22. The Morgan fingerprint density at radius 3 is 2.15 bits per heavy atom. The second-order valence-corrected chi connectivity index (χ2v) is 4.69. The van der Waals surface area contributed by atoms with Gasteiger partial charge in [-0.3, -0.25) is 0 Å². The fourth-order valence-electron chi connectivity index (χ4n) is 1.07. The van der Waals surface area contributed by atoms with Crippen LogP contribution in [0.15, 0.2) is 28.7 Å². The van der Waals surface area contributed by atoms with Gasteiger partial charge in [-0.2, -0.15) is 0 Å². The maximum Gasteiger partial charge on any atom is 0.0963 e. The molecule has 0 saturated carbocycles. The summed E-state index contributed by atoms with van der Waals surface area (Å²) in [6.45, 7) is 3.61. The fraction of sp³-hybridized carbons (Fsp3) is 0.400. The summed E-state index contributed by atoms with van der Waals surface area (Å²) < 4.78 is 0.998. The zero-order valence-corrected chi connectivity index (χ0v) is 9.38. The zero-order chi connectivity index (χ0) is 10.1. The van der Waals surface area contributed by atoms with Crippen molar-refractivity contribution in [3.05, 3.63) is 34.3 Å². The number of aliphatic hydroxyl groups is 1. The zero-order valence-electron chi connectivity index (χ0n) is 7.79. The maximum atomic E-state index is 9.81. The highest BCUT2D eigenvalue weighted by Gasteiger charge is 2.23. The summed E-state index contributed by atoms with van der Waals surface area (Å²) >= 11 is 3.33. The number of halogens is 1. The van der Waals surface area contributed by atoms with Gasteiger partial charge < -0.3 is 10.8 Å². The Balaban J connectivity index is 2.90. The molecule has 0 fully saturated rings. The van der Waals surface area contributed by atoms with Crippen LogP contribution in [0.5, 0.6) is 0 Å². The second-order valence-electron chi connectivity index (χ2n) is 3.78. The van der Waals surface area contributed by atoms with Gasteiger partial charge in [0.2, 0.25) is 0 Å². The smallest absolute Gasteiger partial charge is 0.0963 e. The van der Waals surface area contributed by atoms with Crippen molar-refractivity contribution in [3.8, 4) is 0 Å². The third-order valence-corrected chi connectivity index (χ3v) is 2.42. The number of benzene rings is 1. The second kappa shape index (κ2) is 3.78. The molecular formula is C10H14BrNO. The normalized spacial score (nSPS) is 14.2. The summed E-state index contributed by atoms with van der Waals surface area (Å²) in [5.41, 5.74) is 6.03. The molecule has 1 aromatic rings. The van der Waals surface area contributed by atoms with E-state index in [2.05, 4.69) is 15.9 Å². The highest BCUT2D eigenvalue weighted by atomic mass is 79.9. The molecule has 1 atom stereocenters. The summed E-state index contributed by atoms with van der Waals surface area (Å²) in [6, 6.07) is 7.52. The Hall–Kier alpha value is -0.380. The van der Waals surface area contributed by atoms with E-state index in [1.807, 2.05) is 24.3 Å². The average Bonchev–Trinajstić information content (AvgIpc) is 2.03. The molecule has 1 rings (SSSR count). The minimum Gasteiger partial charge on any atom is -0.387 e. The number of aliphatic hydroxyl groups excluding tert-OH is 1. The van der Waals surface area contributed by atoms with Gasteiger partial charge in [0.25, 0.3) is 0 Å². The highest BCUT2D eigenvalue weighted by molar-refractivity contribution is 9.10. The van der Waals surface area contributed by atoms with Crippen LogP contribution in [0.1, 0.15) is 25.5 Å². The highest BCUT2D eigenvalue weighted by Crippen LogP contribution is 2.24. The van der Waals surface area contributed by atoms with Gasteiger partial charge in [-0.15, -0.1) is 0 Å². The van der Waals surface area contributed by atoms with Gasteiger partial charge in [0.05, 0.1) is 6.10 Å². The van der Waals surface area contributed by atoms with Crippen molar-refractivity contribution in [1.29, 1.82) is 0 Å². The minimum atomic E-state index is -0.624. The van der Waals surface area contributed by atoms with Gasteiger partial charge in [-0.1, -0.05) is 28.1 Å². The quantitative estimate of drug-likeness (QED) is 0.837. The van der Waals surface area contributed by atoms with Gasteiger partial charge in [-0.25, -0.2) is 0 Å². The predicted molar refractivity (Wildman–Crippen MR) is 57.4 cm³/mol. The van der Waals surface area contributed by atoms with Crippen LogP contribution in [0.2, 0.25) is 0 Å². The lowest BCUT2D eigenvalue weighted by molar-refractivity contribution is 0.104. The molecule has 0 spiro atoms. The largest absolute Gasteiger partial charge is 0.387 e. The standard InChI is InChI=1S/C10H14BrNO/c1-10(2,12)9(13)7-3-5-8(11)6-4-7/h3-6,9,13H,12H2,1-2H3/t9-/m1/s1. The van der Waals surface area contributed by atoms with E-state index >= 15 is 0 Å². The lowest BCUT2D eigenvalue weighted by atomic mass is 9.93. The van der Waals surface area contributed by atoms with E-state index in [-0.39, 0.29) is 0 Å². The Kier molecular flexibility index (Phi) is 3.11. The third kappa shape index (κ3) is 2.79. The molecule has 0 aromatic heterocycles. The summed E-state index contributed by atoms with van der Waals surface area (Å²) in [5.74, 6) is 0. The first-order chi connectivity index (χ1) is 5.91. The van der Waals surface area contributed by atoms with Crippen LogP contribution in [0.25, 0.3) is 0 Å². The fourth-order valence-corrected chi connectivity index (χ4v) is 1.34. The van der Waals surface area contributed by atoms with Crippen molar-refractivity contribution in [3.63, 3.8) is 0 Å². The van der Waals surface area contributed by atoms with Gasteiger partial charge in [0.1, 0.15) is 0 Å². The first-order valence-corrected chi connectivity index (χ1v) is 4.93. The van der Waals surface area contributed by atoms with Gasteiger partial charge >= 0.3 is 0 Å². The number of hydrogen-bond acceptors (Lipinski definition) is 2. The number of rotatable bonds is 2. The van der Waals surface area contributed by atoms with Crippen molar-refractivity contribution in [2.45, 2.75) is 25.5 Å². The van der Waals surface area contributed by atoms with Crippen LogP contribution >= 0.6 is 15.9 Å². The van der Waals surface area contributed by atoms with Crippen LogP contribution in [-0.2, 0) is 0 Å². The van der Waals surface area contributed by atoms with Crippen LogP contribution in [-0.4, -0.2) is 10.6 Å². The molecule has 0 amide bonds. The summed E-state index contributed by atoms with van der Waals surface area (Å²) in [4.78, 5) is 0. The van der Waals surface area contributed by atoms with Crippen molar-refractivity contribution < 1.29 is 5.11 Å². The summed E-state index contributed by atoms with van der Waals surface area (Å²) in [5, 5.41) is 9.81. The average molecular weight is 244 g/mol. The molecule has 3 N–H and O–H groups in total. The Morgan fingerprint density at radius 2 is 1.77 bits per heavy atom. The molecule has 0 aliphatic heterocycles. The molecule has 72 valence electrons. The van der Waals surface area contributed by atoms with E-state index in [0.717, 1.165) is 10.0 Å². The molecule has 0 aliphatic carbocycles. The molecule has 0 bridgehead atoms. The van der Waals surface area contributed by atoms with Crippen molar-refractivity contribution in [2.24, 2.45) is 5.73 Å². The molecule has 1 aromatic carbocycles. The third-order valence-electron chi connectivity index (χ3n) is 1.89. The van der Waals surface area contributed by atoms with E-state index in [9.17, 15) is 5.11 Å². The first-order valence-electron chi connectivity index (χ1n) is 4.13. The Bertz CT molecular complexity index is 276. The Morgan fingerprint density at radius 1 is 1.31 bits per heavy atom. The van der Waals surface area contributed by atoms with E-state index in [4.69, 9.17) is 5.73 Å². The molecule has 3 heteroatoms. The molecule has 0 heterocycles. The minimum absolute atomic E-state index is 0.603. The van der Waals surface area contributed by atoms with E-state index in [1.165, 1.54) is 0 Å². The summed E-state index contributed by atoms with van der Waals surface area (Å²) in [6.07, 6.45) is -0.624. The van der Waals surface area contributed by atoms with Gasteiger partial charge in [0.15, 0.2) is 0 Å². The van der Waals surface area contributed by atoms with E-state index < -0.39 is 11.6 Å². The summed E-state index contributed by atoms with van der Waals surface area (Å²) in [7, 11) is 0. The Labute approximate surface area is 86.9 Å². The first kappa shape index (κ1) is 10.7. The SMILES string of the molecule is CC(C)(N)[C@H](O)c1ccc(Br)cc1. The molecule has 0 radical (unpaired) electrons. The number of nitrogens with two attached hydrogens (primary N) is 1. The number of hydrogen-bond donors (Lipinski definition) is 2. The van der Waals surface area contributed by atoms with Crippen molar-refractivity contribution >= 4 is 15.9 Å². The van der Waals surface area contributed by atoms with Crippen molar-refractivity contribution in [2.75, 3.05) is 0 Å². The molecule has 13 heavy (non-hydrogen) atoms.